The van der Waals surface area contributed by atoms with Crippen molar-refractivity contribution in [3.8, 4) is 0 Å². The van der Waals surface area contributed by atoms with E-state index in [4.69, 9.17) is 0 Å². The number of fused-ring (bicyclic) bond motifs is 1. The van der Waals surface area contributed by atoms with Gasteiger partial charge in [-0.2, -0.15) is 0 Å². The van der Waals surface area contributed by atoms with Crippen molar-refractivity contribution in [3.05, 3.63) is 29.8 Å². The lowest BCUT2D eigenvalue weighted by Gasteiger charge is -2.29. The molecule has 1 aliphatic heterocycles. The molecule has 0 saturated carbocycles. The lowest BCUT2D eigenvalue weighted by molar-refractivity contribution is 0.284. The summed E-state index contributed by atoms with van der Waals surface area (Å²) in [6.07, 6.45) is 0. The molecule has 17 heavy (non-hydrogen) atoms. The zero-order chi connectivity index (χ0) is 12.5. The molecule has 1 heterocycles. The Hall–Kier alpha value is -0.470. The van der Waals surface area contributed by atoms with E-state index in [2.05, 4.69) is 57.3 Å². The van der Waals surface area contributed by atoms with Crippen molar-refractivity contribution in [1.29, 1.82) is 0 Å². The number of thioether (sulfide) groups is 1. The maximum absolute atomic E-state index is 3.69. The third kappa shape index (κ3) is 3.05. The van der Waals surface area contributed by atoms with Crippen LogP contribution in [0.15, 0.2) is 29.2 Å². The van der Waals surface area contributed by atoms with E-state index in [-0.39, 0.29) is 0 Å². The van der Waals surface area contributed by atoms with Gasteiger partial charge in [0.05, 0.1) is 0 Å². The molecule has 1 nitrogen and oxygen atoms in total. The second-order valence-electron chi connectivity index (χ2n) is 6.04. The van der Waals surface area contributed by atoms with Crippen LogP contribution in [0, 0.1) is 5.41 Å². The average Bonchev–Trinajstić information content (AvgIpc) is 2.68. The van der Waals surface area contributed by atoms with Crippen molar-refractivity contribution < 1.29 is 0 Å². The van der Waals surface area contributed by atoms with Crippen molar-refractivity contribution in [2.45, 2.75) is 44.6 Å². The van der Waals surface area contributed by atoms with Gasteiger partial charge in [0.2, 0.25) is 0 Å². The fourth-order valence-electron chi connectivity index (χ4n) is 2.02. The van der Waals surface area contributed by atoms with Gasteiger partial charge in [-0.05, 0) is 24.0 Å². The summed E-state index contributed by atoms with van der Waals surface area (Å²) >= 11 is 2.00. The Morgan fingerprint density at radius 1 is 1.35 bits per heavy atom. The summed E-state index contributed by atoms with van der Waals surface area (Å²) in [7, 11) is 0. The predicted molar refractivity (Wildman–Crippen MR) is 76.8 cm³/mol. The summed E-state index contributed by atoms with van der Waals surface area (Å²) in [5, 5.41) is 3.69. The lowest BCUT2D eigenvalue weighted by Crippen LogP contribution is -2.39. The molecule has 2 unspecified atom stereocenters. The molecule has 0 amide bonds. The maximum Gasteiger partial charge on any atom is 0.0108 e. The molecule has 1 aromatic carbocycles. The quantitative estimate of drug-likeness (QED) is 0.872. The third-order valence-corrected chi connectivity index (χ3v) is 5.02. The number of nitrogens with one attached hydrogen (secondary N) is 1. The first kappa shape index (κ1) is 13.0. The molecule has 1 aliphatic rings. The van der Waals surface area contributed by atoms with Crippen LogP contribution in [-0.2, 0) is 0 Å². The van der Waals surface area contributed by atoms with E-state index in [0.717, 1.165) is 6.54 Å². The number of rotatable bonds is 3. The molecular formula is C15H23NS. The molecular weight excluding hydrogens is 226 g/mol. The molecule has 0 bridgehead atoms. The van der Waals surface area contributed by atoms with Gasteiger partial charge in [-0.3, -0.25) is 0 Å². The molecule has 1 aromatic rings. The minimum absolute atomic E-state index is 0.339. The molecule has 2 rings (SSSR count). The minimum atomic E-state index is 0.339. The summed E-state index contributed by atoms with van der Waals surface area (Å²) in [5.74, 6) is 1.91. The zero-order valence-corrected chi connectivity index (χ0v) is 12.1. The van der Waals surface area contributed by atoms with E-state index in [1.807, 2.05) is 11.8 Å². The Morgan fingerprint density at radius 2 is 2.06 bits per heavy atom. The number of hydrogen-bond acceptors (Lipinski definition) is 2. The SMILES string of the molecule is CC(NCC1CSc2ccccc21)C(C)(C)C. The summed E-state index contributed by atoms with van der Waals surface area (Å²) in [6, 6.07) is 9.38. The fourth-order valence-corrected chi connectivity index (χ4v) is 3.28. The molecule has 0 aliphatic carbocycles. The summed E-state index contributed by atoms with van der Waals surface area (Å²) < 4.78 is 0. The molecule has 0 aromatic heterocycles. The van der Waals surface area contributed by atoms with Gasteiger partial charge in [0.15, 0.2) is 0 Å². The van der Waals surface area contributed by atoms with Crippen LogP contribution in [0.25, 0.3) is 0 Å². The Morgan fingerprint density at radius 3 is 2.76 bits per heavy atom. The molecule has 94 valence electrons. The van der Waals surface area contributed by atoms with Gasteiger partial charge in [0.25, 0.3) is 0 Å². The van der Waals surface area contributed by atoms with Gasteiger partial charge in [0.1, 0.15) is 0 Å². The van der Waals surface area contributed by atoms with Crippen LogP contribution in [0.5, 0.6) is 0 Å². The second-order valence-corrected chi connectivity index (χ2v) is 7.10. The summed E-state index contributed by atoms with van der Waals surface area (Å²) in [6.45, 7) is 10.3. The fraction of sp³-hybridized carbons (Fsp3) is 0.600. The zero-order valence-electron chi connectivity index (χ0n) is 11.3. The van der Waals surface area contributed by atoms with Crippen LogP contribution in [0.4, 0.5) is 0 Å². The predicted octanol–water partition coefficient (Wildman–Crippen LogP) is 3.90. The van der Waals surface area contributed by atoms with Crippen molar-refractivity contribution in [2.24, 2.45) is 5.41 Å². The monoisotopic (exact) mass is 249 g/mol. The van der Waals surface area contributed by atoms with E-state index in [1.165, 1.54) is 16.2 Å². The first-order valence-corrected chi connectivity index (χ1v) is 7.42. The average molecular weight is 249 g/mol. The largest absolute Gasteiger partial charge is 0.313 e. The Labute approximate surface area is 109 Å². The highest BCUT2D eigenvalue weighted by molar-refractivity contribution is 7.99. The Bertz CT molecular complexity index is 381. The summed E-state index contributed by atoms with van der Waals surface area (Å²) in [5.41, 5.74) is 1.87. The van der Waals surface area contributed by atoms with Gasteiger partial charge in [0, 0.05) is 29.2 Å². The smallest absolute Gasteiger partial charge is 0.0108 e. The van der Waals surface area contributed by atoms with E-state index in [1.54, 1.807) is 0 Å². The molecule has 0 fully saturated rings. The Balaban J connectivity index is 1.94. The van der Waals surface area contributed by atoms with Gasteiger partial charge in [-0.15, -0.1) is 11.8 Å². The van der Waals surface area contributed by atoms with Crippen molar-refractivity contribution in [1.82, 2.24) is 5.32 Å². The maximum atomic E-state index is 3.69. The van der Waals surface area contributed by atoms with Crippen molar-refractivity contribution in [2.75, 3.05) is 12.3 Å². The topological polar surface area (TPSA) is 12.0 Å². The molecule has 0 saturated heterocycles. The number of benzene rings is 1. The molecule has 0 spiro atoms. The minimum Gasteiger partial charge on any atom is -0.313 e. The van der Waals surface area contributed by atoms with Crippen LogP contribution in [0.3, 0.4) is 0 Å². The van der Waals surface area contributed by atoms with Gasteiger partial charge in [-0.25, -0.2) is 0 Å². The van der Waals surface area contributed by atoms with Crippen LogP contribution < -0.4 is 5.32 Å². The second kappa shape index (κ2) is 5.03. The first-order valence-electron chi connectivity index (χ1n) is 6.43. The van der Waals surface area contributed by atoms with Crippen molar-refractivity contribution in [3.63, 3.8) is 0 Å². The highest BCUT2D eigenvalue weighted by Crippen LogP contribution is 2.39. The lowest BCUT2D eigenvalue weighted by atomic mass is 9.87. The molecule has 1 N–H and O–H groups in total. The number of hydrogen-bond donors (Lipinski definition) is 1. The van der Waals surface area contributed by atoms with E-state index >= 15 is 0 Å². The first-order chi connectivity index (χ1) is 7.98. The van der Waals surface area contributed by atoms with E-state index in [9.17, 15) is 0 Å². The highest BCUT2D eigenvalue weighted by atomic mass is 32.2. The molecule has 2 heteroatoms. The van der Waals surface area contributed by atoms with Crippen LogP contribution in [-0.4, -0.2) is 18.3 Å². The van der Waals surface area contributed by atoms with E-state index < -0.39 is 0 Å². The van der Waals surface area contributed by atoms with E-state index in [0.29, 0.717) is 17.4 Å². The van der Waals surface area contributed by atoms with Gasteiger partial charge < -0.3 is 5.32 Å². The summed E-state index contributed by atoms with van der Waals surface area (Å²) in [4.78, 5) is 1.47. The third-order valence-electron chi connectivity index (χ3n) is 3.77. The van der Waals surface area contributed by atoms with Crippen molar-refractivity contribution >= 4 is 11.8 Å². The standard InChI is InChI=1S/C15H23NS/c1-11(15(2,3)4)16-9-12-10-17-14-8-6-5-7-13(12)14/h5-8,11-12,16H,9-10H2,1-4H3. The van der Waals surface area contributed by atoms with Crippen LogP contribution in [0.2, 0.25) is 0 Å². The molecule has 0 radical (unpaired) electrons. The van der Waals surface area contributed by atoms with Gasteiger partial charge >= 0.3 is 0 Å². The van der Waals surface area contributed by atoms with Crippen LogP contribution >= 0.6 is 11.8 Å². The van der Waals surface area contributed by atoms with Gasteiger partial charge in [-0.1, -0.05) is 39.0 Å². The Kier molecular flexibility index (Phi) is 3.84. The van der Waals surface area contributed by atoms with Crippen LogP contribution in [0.1, 0.15) is 39.2 Å². The normalized spacial score (nSPS) is 21.3. The highest BCUT2D eigenvalue weighted by Gasteiger charge is 2.25. The molecule has 2 atom stereocenters.